The minimum absolute atomic E-state index is 0.188. The number of hydrogen-bond donors (Lipinski definition) is 0. The Morgan fingerprint density at radius 1 is 1.36 bits per heavy atom. The van der Waals surface area contributed by atoms with E-state index in [-0.39, 0.29) is 8.65 Å². The third kappa shape index (κ3) is 2.90. The average Bonchev–Trinajstić information content (AvgIpc) is 1.49. The van der Waals surface area contributed by atoms with Crippen molar-refractivity contribution in [2.75, 3.05) is 0 Å². The molecule has 0 nitrogen and oxygen atoms in total. The van der Waals surface area contributed by atoms with Crippen molar-refractivity contribution in [3.63, 3.8) is 0 Å². The Hall–Kier alpha value is 0.700. The van der Waals surface area contributed by atoms with Crippen molar-refractivity contribution in [3.8, 4) is 0 Å². The molecule has 0 heterocycles. The normalized spacial score (nSPS) is 45.4. The Balaban J connectivity index is 2.86. The van der Waals surface area contributed by atoms with Crippen molar-refractivity contribution in [2.45, 2.75) is 42.3 Å². The maximum absolute atomic E-state index is 3.74. The lowest BCUT2D eigenvalue weighted by Gasteiger charge is -2.35. The minimum atomic E-state index is 0.188. The first-order valence-electron chi connectivity index (χ1n) is 3.87. The quantitative estimate of drug-likeness (QED) is 0.464. The molecule has 0 aromatic carbocycles. The molecule has 64 valence electrons. The van der Waals surface area contributed by atoms with Gasteiger partial charge in [-0.3, -0.25) is 0 Å². The summed E-state index contributed by atoms with van der Waals surface area (Å²) in [6, 6.07) is 0. The van der Waals surface area contributed by atoms with Crippen LogP contribution in [-0.4, -0.2) is 8.65 Å². The molecule has 1 aliphatic rings. The lowest BCUT2D eigenvalue weighted by Crippen LogP contribution is -2.31. The highest BCUT2D eigenvalue weighted by Gasteiger charge is 2.34. The van der Waals surface area contributed by atoms with Gasteiger partial charge in [-0.05, 0) is 33.6 Å². The van der Waals surface area contributed by atoms with Crippen molar-refractivity contribution in [2.24, 2.45) is 0 Å². The Labute approximate surface area is 85.7 Å². The first kappa shape index (κ1) is 9.79. The number of allylic oxidation sites excluding steroid dienone is 2. The summed E-state index contributed by atoms with van der Waals surface area (Å²) < 4.78 is 0.470. The van der Waals surface area contributed by atoms with E-state index < -0.39 is 0 Å². The lowest BCUT2D eigenvalue weighted by atomic mass is 9.84. The van der Waals surface area contributed by atoms with E-state index in [1.54, 1.807) is 0 Å². The van der Waals surface area contributed by atoms with Crippen LogP contribution in [0.1, 0.15) is 33.6 Å². The Bertz CT molecular complexity index is 190. The largest absolute Gasteiger partial charge is 0.0852 e. The molecule has 1 rings (SSSR count). The van der Waals surface area contributed by atoms with E-state index in [9.17, 15) is 0 Å². The van der Waals surface area contributed by atoms with Gasteiger partial charge < -0.3 is 0 Å². The fourth-order valence-corrected chi connectivity index (χ4v) is 4.39. The molecule has 2 heteroatoms. The second-order valence-electron chi connectivity index (χ2n) is 4.04. The first-order valence-corrected chi connectivity index (χ1v) is 5.46. The maximum atomic E-state index is 3.74. The molecule has 2 unspecified atom stereocenters. The van der Waals surface area contributed by atoms with Crippen LogP contribution in [0.25, 0.3) is 0 Å². The Kier molecular flexibility index (Phi) is 2.56. The summed E-state index contributed by atoms with van der Waals surface area (Å²) in [6.07, 6.45) is 4.63. The molecular formula is C9H14Br2. The summed E-state index contributed by atoms with van der Waals surface area (Å²) in [7, 11) is 0. The molecule has 0 aromatic rings. The molecule has 0 fully saturated rings. The predicted molar refractivity (Wildman–Crippen MR) is 57.7 cm³/mol. The van der Waals surface area contributed by atoms with Gasteiger partial charge in [0.05, 0.1) is 0 Å². The third-order valence-corrected chi connectivity index (χ3v) is 2.98. The van der Waals surface area contributed by atoms with Crippen LogP contribution in [0.5, 0.6) is 0 Å². The van der Waals surface area contributed by atoms with E-state index in [2.05, 4.69) is 58.7 Å². The highest BCUT2D eigenvalue weighted by Crippen LogP contribution is 2.43. The van der Waals surface area contributed by atoms with Gasteiger partial charge in [0.15, 0.2) is 0 Å². The number of halogens is 2. The van der Waals surface area contributed by atoms with E-state index >= 15 is 0 Å². The topological polar surface area (TPSA) is 0 Å². The number of hydrogen-bond acceptors (Lipinski definition) is 0. The van der Waals surface area contributed by atoms with Crippen LogP contribution in [0.2, 0.25) is 0 Å². The number of alkyl halides is 2. The van der Waals surface area contributed by atoms with Crippen molar-refractivity contribution in [3.05, 3.63) is 11.6 Å². The van der Waals surface area contributed by atoms with E-state index in [0.29, 0.717) is 0 Å². The fraction of sp³-hybridized carbons (Fsp3) is 0.778. The van der Waals surface area contributed by atoms with Crippen molar-refractivity contribution in [1.29, 1.82) is 0 Å². The summed E-state index contributed by atoms with van der Waals surface area (Å²) >= 11 is 7.44. The average molecular weight is 282 g/mol. The molecule has 0 saturated carbocycles. The fourth-order valence-electron chi connectivity index (χ4n) is 1.98. The van der Waals surface area contributed by atoms with Gasteiger partial charge in [0.1, 0.15) is 0 Å². The van der Waals surface area contributed by atoms with Crippen LogP contribution in [0, 0.1) is 0 Å². The maximum Gasteiger partial charge on any atom is 0.0424 e. The molecule has 0 aliphatic heterocycles. The van der Waals surface area contributed by atoms with Crippen LogP contribution >= 0.6 is 31.9 Å². The predicted octanol–water partition coefficient (Wildman–Crippen LogP) is 4.03. The Morgan fingerprint density at radius 3 is 2.27 bits per heavy atom. The standard InChI is InChI=1S/C9H14Br2/c1-7-4-8(2,10)6-9(3,11)5-7/h4H,5-6H2,1-3H3. The van der Waals surface area contributed by atoms with Gasteiger partial charge in [0.2, 0.25) is 0 Å². The molecule has 0 N–H and O–H groups in total. The second-order valence-corrected chi connectivity index (χ2v) is 7.76. The van der Waals surface area contributed by atoms with Gasteiger partial charge in [-0.1, -0.05) is 43.5 Å². The minimum Gasteiger partial charge on any atom is -0.0852 e. The van der Waals surface area contributed by atoms with Crippen molar-refractivity contribution >= 4 is 31.9 Å². The van der Waals surface area contributed by atoms with E-state index in [1.807, 2.05) is 0 Å². The zero-order chi connectivity index (χ0) is 8.70. The zero-order valence-corrected chi connectivity index (χ0v) is 10.4. The summed E-state index contributed by atoms with van der Waals surface area (Å²) in [4.78, 5) is 0. The van der Waals surface area contributed by atoms with E-state index in [0.717, 1.165) is 12.8 Å². The first-order chi connectivity index (χ1) is 4.81. The van der Waals surface area contributed by atoms with Gasteiger partial charge in [-0.2, -0.15) is 0 Å². The van der Waals surface area contributed by atoms with Gasteiger partial charge >= 0.3 is 0 Å². The van der Waals surface area contributed by atoms with Gasteiger partial charge in [-0.15, -0.1) is 0 Å². The number of rotatable bonds is 0. The van der Waals surface area contributed by atoms with E-state index in [4.69, 9.17) is 0 Å². The highest BCUT2D eigenvalue weighted by molar-refractivity contribution is 9.10. The molecule has 2 atom stereocenters. The van der Waals surface area contributed by atoms with Crippen LogP contribution < -0.4 is 0 Å². The summed E-state index contributed by atoms with van der Waals surface area (Å²) in [6.45, 7) is 6.66. The van der Waals surface area contributed by atoms with Gasteiger partial charge in [0.25, 0.3) is 0 Å². The highest BCUT2D eigenvalue weighted by atomic mass is 79.9. The van der Waals surface area contributed by atoms with Crippen LogP contribution in [-0.2, 0) is 0 Å². The van der Waals surface area contributed by atoms with Crippen LogP contribution in [0.15, 0.2) is 11.6 Å². The van der Waals surface area contributed by atoms with E-state index in [1.165, 1.54) is 5.57 Å². The molecular weight excluding hydrogens is 268 g/mol. The summed E-state index contributed by atoms with van der Waals surface area (Å²) in [5.41, 5.74) is 1.47. The molecule has 1 aliphatic carbocycles. The molecule has 0 bridgehead atoms. The van der Waals surface area contributed by atoms with Crippen LogP contribution in [0.3, 0.4) is 0 Å². The lowest BCUT2D eigenvalue weighted by molar-refractivity contribution is 0.518. The summed E-state index contributed by atoms with van der Waals surface area (Å²) in [5, 5.41) is 0. The SMILES string of the molecule is CC1=CC(C)(Br)CC(C)(Br)C1. The third-order valence-electron chi connectivity index (χ3n) is 1.91. The monoisotopic (exact) mass is 280 g/mol. The molecule has 0 amide bonds. The van der Waals surface area contributed by atoms with Crippen LogP contribution in [0.4, 0.5) is 0 Å². The Morgan fingerprint density at radius 2 is 1.91 bits per heavy atom. The summed E-state index contributed by atoms with van der Waals surface area (Å²) in [5.74, 6) is 0. The van der Waals surface area contributed by atoms with Gasteiger partial charge in [0, 0.05) is 8.65 Å². The second kappa shape index (κ2) is 2.88. The molecule has 0 aromatic heterocycles. The van der Waals surface area contributed by atoms with Gasteiger partial charge in [-0.25, -0.2) is 0 Å². The zero-order valence-electron chi connectivity index (χ0n) is 7.25. The molecule has 11 heavy (non-hydrogen) atoms. The molecule has 0 saturated heterocycles. The molecule has 0 spiro atoms. The van der Waals surface area contributed by atoms with Crippen molar-refractivity contribution in [1.82, 2.24) is 0 Å². The smallest absolute Gasteiger partial charge is 0.0424 e. The van der Waals surface area contributed by atoms with Crippen molar-refractivity contribution < 1.29 is 0 Å². The molecule has 0 radical (unpaired) electrons.